The lowest BCUT2D eigenvalue weighted by Gasteiger charge is -2.30. The number of benzene rings is 2. The van der Waals surface area contributed by atoms with E-state index in [-0.39, 0.29) is 11.7 Å². The van der Waals surface area contributed by atoms with Gasteiger partial charge in [-0.05, 0) is 78.3 Å². The summed E-state index contributed by atoms with van der Waals surface area (Å²) in [5, 5.41) is 3.50. The zero-order valence-electron chi connectivity index (χ0n) is 13.0. The lowest BCUT2D eigenvalue weighted by atomic mass is 10.1. The molecule has 24 heavy (non-hydrogen) atoms. The van der Waals surface area contributed by atoms with Crippen LogP contribution < -0.4 is 10.2 Å². The molecule has 1 aliphatic rings. The largest absolute Gasteiger partial charge is 0.370 e. The third-order valence-corrected chi connectivity index (χ3v) is 5.21. The second kappa shape index (κ2) is 7.70. The first-order valence-electron chi connectivity index (χ1n) is 7.85. The number of nitrogens with zero attached hydrogens (tertiary/aromatic N) is 1. The van der Waals surface area contributed by atoms with Gasteiger partial charge in [-0.1, -0.05) is 11.6 Å². The molecular weight excluding hydrogens is 442 g/mol. The van der Waals surface area contributed by atoms with Crippen LogP contribution in [-0.2, 0) is 0 Å². The highest BCUT2D eigenvalue weighted by Gasteiger charge is 2.18. The Morgan fingerprint density at radius 3 is 2.58 bits per heavy atom. The van der Waals surface area contributed by atoms with Gasteiger partial charge in [-0.2, -0.15) is 0 Å². The first-order valence-corrected chi connectivity index (χ1v) is 9.31. The van der Waals surface area contributed by atoms with Crippen LogP contribution in [-0.4, -0.2) is 19.0 Å². The van der Waals surface area contributed by atoms with Crippen LogP contribution >= 0.6 is 34.2 Å². The van der Waals surface area contributed by atoms with Gasteiger partial charge in [-0.3, -0.25) is 4.79 Å². The number of rotatable bonds is 3. The zero-order valence-corrected chi connectivity index (χ0v) is 15.9. The summed E-state index contributed by atoms with van der Waals surface area (Å²) < 4.78 is 13.8. The maximum atomic E-state index is 13.2. The highest BCUT2D eigenvalue weighted by molar-refractivity contribution is 14.1. The standard InChI is InChI=1S/C18H17ClFIN2O/c19-12-4-7-17(23-8-2-1-3-9-23)16(10-12)22-18(24)14-6-5-13(20)11-15(14)21/h4-7,10-11H,1-3,8-9H2,(H,22,24). The number of carbonyl (C=O) groups excluding carboxylic acids is 1. The first-order chi connectivity index (χ1) is 11.5. The van der Waals surface area contributed by atoms with Gasteiger partial charge < -0.3 is 10.2 Å². The summed E-state index contributed by atoms with van der Waals surface area (Å²) in [6.45, 7) is 1.94. The van der Waals surface area contributed by atoms with Crippen LogP contribution in [0.5, 0.6) is 0 Å². The maximum Gasteiger partial charge on any atom is 0.256 e. The molecule has 3 nitrogen and oxygen atoms in total. The van der Waals surface area contributed by atoms with Crippen molar-refractivity contribution >= 4 is 51.5 Å². The Hall–Kier alpha value is -1.34. The Bertz CT molecular complexity index is 763. The Morgan fingerprint density at radius 1 is 1.12 bits per heavy atom. The molecule has 0 radical (unpaired) electrons. The van der Waals surface area contributed by atoms with Crippen LogP contribution in [0.15, 0.2) is 36.4 Å². The smallest absolute Gasteiger partial charge is 0.256 e. The average Bonchev–Trinajstić information content (AvgIpc) is 2.55. The van der Waals surface area contributed by atoms with Crippen LogP contribution in [0.1, 0.15) is 29.6 Å². The van der Waals surface area contributed by atoms with Crippen molar-refractivity contribution < 1.29 is 9.18 Å². The normalized spacial score (nSPS) is 14.5. The average molecular weight is 459 g/mol. The van der Waals surface area contributed by atoms with Crippen LogP contribution in [0, 0.1) is 9.39 Å². The lowest BCUT2D eigenvalue weighted by molar-refractivity contribution is 0.102. The van der Waals surface area contributed by atoms with Gasteiger partial charge in [-0.25, -0.2) is 4.39 Å². The van der Waals surface area contributed by atoms with E-state index in [4.69, 9.17) is 11.6 Å². The molecule has 0 saturated carbocycles. The highest BCUT2D eigenvalue weighted by atomic mass is 127. The third kappa shape index (κ3) is 4.00. The molecule has 0 aliphatic carbocycles. The molecule has 1 aliphatic heterocycles. The molecule has 0 atom stereocenters. The molecule has 1 amide bonds. The number of hydrogen-bond donors (Lipinski definition) is 1. The third-order valence-electron chi connectivity index (χ3n) is 4.08. The molecule has 3 rings (SSSR count). The SMILES string of the molecule is O=C(Nc1cc(Cl)ccc1N1CCCCC1)c1ccc(F)cc1I. The highest BCUT2D eigenvalue weighted by Crippen LogP contribution is 2.31. The van der Waals surface area contributed by atoms with Crippen molar-refractivity contribution in [3.05, 3.63) is 56.4 Å². The lowest BCUT2D eigenvalue weighted by Crippen LogP contribution is -2.30. The van der Waals surface area contributed by atoms with Crippen LogP contribution in [0.2, 0.25) is 5.02 Å². The monoisotopic (exact) mass is 458 g/mol. The second-order valence-electron chi connectivity index (χ2n) is 5.79. The molecule has 1 heterocycles. The molecule has 2 aromatic carbocycles. The van der Waals surface area contributed by atoms with Gasteiger partial charge in [0.15, 0.2) is 0 Å². The molecule has 1 N–H and O–H groups in total. The van der Waals surface area contributed by atoms with Gasteiger partial charge in [-0.15, -0.1) is 0 Å². The summed E-state index contributed by atoms with van der Waals surface area (Å²) in [6.07, 6.45) is 3.53. The fourth-order valence-corrected chi connectivity index (χ4v) is 3.78. The first kappa shape index (κ1) is 17.5. The van der Waals surface area contributed by atoms with Crippen molar-refractivity contribution in [2.75, 3.05) is 23.3 Å². The fraction of sp³-hybridized carbons (Fsp3) is 0.278. The van der Waals surface area contributed by atoms with Gasteiger partial charge in [0.05, 0.1) is 16.9 Å². The molecule has 2 aromatic rings. The molecule has 0 unspecified atom stereocenters. The Labute approximate surface area is 159 Å². The van der Waals surface area contributed by atoms with E-state index in [1.807, 2.05) is 34.7 Å². The number of carbonyl (C=O) groups is 1. The van der Waals surface area contributed by atoms with Crippen LogP contribution in [0.25, 0.3) is 0 Å². The van der Waals surface area contributed by atoms with Crippen molar-refractivity contribution in [2.24, 2.45) is 0 Å². The van der Waals surface area contributed by atoms with Gasteiger partial charge in [0.2, 0.25) is 0 Å². The molecule has 1 saturated heterocycles. The molecule has 0 spiro atoms. The van der Waals surface area contributed by atoms with E-state index in [0.717, 1.165) is 31.6 Å². The molecule has 1 fully saturated rings. The minimum absolute atomic E-state index is 0.264. The Morgan fingerprint density at radius 2 is 1.88 bits per heavy atom. The van der Waals surface area contributed by atoms with Gasteiger partial charge >= 0.3 is 0 Å². The number of anilines is 2. The van der Waals surface area contributed by atoms with Gasteiger partial charge in [0, 0.05) is 21.7 Å². The Kier molecular flexibility index (Phi) is 5.61. The summed E-state index contributed by atoms with van der Waals surface area (Å²) >= 11 is 8.08. The Balaban J connectivity index is 1.88. The number of nitrogens with one attached hydrogen (secondary N) is 1. The number of halogens is 3. The van der Waals surface area contributed by atoms with E-state index in [1.54, 1.807) is 6.07 Å². The van der Waals surface area contributed by atoms with Crippen molar-refractivity contribution in [1.29, 1.82) is 0 Å². The minimum Gasteiger partial charge on any atom is -0.370 e. The quantitative estimate of drug-likeness (QED) is 0.631. The summed E-state index contributed by atoms with van der Waals surface area (Å²) in [6, 6.07) is 9.68. The summed E-state index contributed by atoms with van der Waals surface area (Å²) in [5.74, 6) is -0.618. The van der Waals surface area contributed by atoms with Crippen molar-refractivity contribution in [1.82, 2.24) is 0 Å². The summed E-state index contributed by atoms with van der Waals surface area (Å²) in [5.41, 5.74) is 2.11. The van der Waals surface area contributed by atoms with Crippen molar-refractivity contribution in [2.45, 2.75) is 19.3 Å². The van der Waals surface area contributed by atoms with E-state index in [2.05, 4.69) is 10.2 Å². The summed E-state index contributed by atoms with van der Waals surface area (Å²) in [7, 11) is 0. The van der Waals surface area contributed by atoms with Crippen molar-refractivity contribution in [3.63, 3.8) is 0 Å². The number of amides is 1. The summed E-state index contributed by atoms with van der Waals surface area (Å²) in [4.78, 5) is 14.9. The molecule has 0 aromatic heterocycles. The van der Waals surface area contributed by atoms with Crippen LogP contribution in [0.3, 0.4) is 0 Å². The molecule has 126 valence electrons. The predicted molar refractivity (Wildman–Crippen MR) is 105 cm³/mol. The molecular formula is C18H17ClFIN2O. The molecule has 6 heteroatoms. The maximum absolute atomic E-state index is 13.2. The van der Waals surface area contributed by atoms with E-state index >= 15 is 0 Å². The van der Waals surface area contributed by atoms with E-state index in [0.29, 0.717) is 19.8 Å². The topological polar surface area (TPSA) is 32.3 Å². The van der Waals surface area contributed by atoms with E-state index < -0.39 is 0 Å². The second-order valence-corrected chi connectivity index (χ2v) is 7.39. The molecule has 0 bridgehead atoms. The van der Waals surface area contributed by atoms with Gasteiger partial charge in [0.1, 0.15) is 5.82 Å². The van der Waals surface area contributed by atoms with Crippen LogP contribution in [0.4, 0.5) is 15.8 Å². The van der Waals surface area contributed by atoms with Crippen molar-refractivity contribution in [3.8, 4) is 0 Å². The van der Waals surface area contributed by atoms with Gasteiger partial charge in [0.25, 0.3) is 5.91 Å². The minimum atomic E-state index is -0.354. The number of hydrogen-bond acceptors (Lipinski definition) is 2. The fourth-order valence-electron chi connectivity index (χ4n) is 2.88. The van der Waals surface area contributed by atoms with E-state index in [9.17, 15) is 9.18 Å². The predicted octanol–water partition coefficient (Wildman–Crippen LogP) is 5.33. The zero-order chi connectivity index (χ0) is 17.1. The van der Waals surface area contributed by atoms with E-state index in [1.165, 1.54) is 24.6 Å². The number of piperidine rings is 1.